The number of benzene rings is 1. The van der Waals surface area contributed by atoms with Crippen molar-refractivity contribution in [1.29, 1.82) is 0 Å². The van der Waals surface area contributed by atoms with Crippen LogP contribution in [0.3, 0.4) is 0 Å². The predicted octanol–water partition coefficient (Wildman–Crippen LogP) is 1.94. The molecule has 0 atom stereocenters. The van der Waals surface area contributed by atoms with Gasteiger partial charge in [-0.05, 0) is 36.8 Å². The molecule has 0 aliphatic carbocycles. The van der Waals surface area contributed by atoms with Gasteiger partial charge in [-0.25, -0.2) is 18.5 Å². The number of rotatable bonds is 2. The van der Waals surface area contributed by atoms with Gasteiger partial charge in [0.05, 0.1) is 15.6 Å². The van der Waals surface area contributed by atoms with Crippen LogP contribution in [0.25, 0.3) is 11.3 Å². The molecule has 7 heteroatoms. The summed E-state index contributed by atoms with van der Waals surface area (Å²) < 4.78 is 22.8. The van der Waals surface area contributed by atoms with E-state index in [4.69, 9.17) is 22.5 Å². The molecule has 0 aliphatic rings. The second kappa shape index (κ2) is 4.80. The van der Waals surface area contributed by atoms with Crippen molar-refractivity contribution >= 4 is 27.4 Å². The van der Waals surface area contributed by atoms with E-state index in [1.54, 1.807) is 31.2 Å². The van der Waals surface area contributed by atoms with Crippen LogP contribution in [-0.2, 0) is 10.0 Å². The maximum Gasteiger partial charge on any atom is 0.238 e. The monoisotopic (exact) mass is 297 g/mol. The van der Waals surface area contributed by atoms with Crippen LogP contribution in [0, 0.1) is 6.92 Å². The van der Waals surface area contributed by atoms with E-state index in [1.807, 2.05) is 0 Å². The summed E-state index contributed by atoms with van der Waals surface area (Å²) in [5.74, 6) is 0.363. The first-order valence-electron chi connectivity index (χ1n) is 5.35. The Balaban J connectivity index is 2.66. The standard InChI is InChI=1S/C12H12ClN3O2S/c1-7-10(19(15,17)18)6-5-8(12(7)13)9-3-2-4-11(14)16-9/h2-6H,1H3,(H2,14,16)(H2,15,17,18). The Bertz CT molecular complexity index is 745. The van der Waals surface area contributed by atoms with Crippen LogP contribution in [0.5, 0.6) is 0 Å². The lowest BCUT2D eigenvalue weighted by atomic mass is 10.1. The first-order valence-corrected chi connectivity index (χ1v) is 7.28. The third kappa shape index (κ3) is 2.70. The van der Waals surface area contributed by atoms with Crippen LogP contribution in [0.4, 0.5) is 5.82 Å². The lowest BCUT2D eigenvalue weighted by Crippen LogP contribution is -2.14. The van der Waals surface area contributed by atoms with Crippen LogP contribution in [-0.4, -0.2) is 13.4 Å². The van der Waals surface area contributed by atoms with Gasteiger partial charge in [-0.15, -0.1) is 0 Å². The summed E-state index contributed by atoms with van der Waals surface area (Å²) >= 11 is 6.19. The summed E-state index contributed by atoms with van der Waals surface area (Å²) in [5.41, 5.74) is 7.20. The first-order chi connectivity index (χ1) is 8.80. The number of sulfonamides is 1. The lowest BCUT2D eigenvalue weighted by molar-refractivity contribution is 0.597. The van der Waals surface area contributed by atoms with Crippen LogP contribution in [0.1, 0.15) is 5.56 Å². The Kier molecular flexibility index (Phi) is 3.49. The smallest absolute Gasteiger partial charge is 0.238 e. The molecule has 0 unspecified atom stereocenters. The average Bonchev–Trinajstić information content (AvgIpc) is 2.31. The zero-order valence-corrected chi connectivity index (χ0v) is 11.7. The molecule has 0 saturated heterocycles. The van der Waals surface area contributed by atoms with Crippen molar-refractivity contribution in [1.82, 2.24) is 4.98 Å². The van der Waals surface area contributed by atoms with E-state index in [0.29, 0.717) is 27.7 Å². The second-order valence-corrected chi connectivity index (χ2v) is 5.95. The van der Waals surface area contributed by atoms with E-state index >= 15 is 0 Å². The highest BCUT2D eigenvalue weighted by Gasteiger charge is 2.17. The van der Waals surface area contributed by atoms with Crippen molar-refractivity contribution in [3.63, 3.8) is 0 Å². The van der Waals surface area contributed by atoms with Crippen molar-refractivity contribution in [2.24, 2.45) is 5.14 Å². The fourth-order valence-electron chi connectivity index (χ4n) is 1.77. The molecule has 0 saturated carbocycles. The van der Waals surface area contributed by atoms with Crippen molar-refractivity contribution in [3.05, 3.63) is 40.9 Å². The Morgan fingerprint density at radius 3 is 2.47 bits per heavy atom. The summed E-state index contributed by atoms with van der Waals surface area (Å²) in [7, 11) is -3.79. The van der Waals surface area contributed by atoms with E-state index in [9.17, 15) is 8.42 Å². The molecule has 2 rings (SSSR count). The largest absolute Gasteiger partial charge is 0.384 e. The predicted molar refractivity (Wildman–Crippen MR) is 75.2 cm³/mol. The zero-order chi connectivity index (χ0) is 14.2. The third-order valence-corrected chi connectivity index (χ3v) is 4.23. The van der Waals surface area contributed by atoms with E-state index in [1.165, 1.54) is 6.07 Å². The highest BCUT2D eigenvalue weighted by atomic mass is 35.5. The van der Waals surface area contributed by atoms with Gasteiger partial charge in [-0.3, -0.25) is 0 Å². The summed E-state index contributed by atoms with van der Waals surface area (Å²) in [6, 6.07) is 8.13. The number of hydrogen-bond acceptors (Lipinski definition) is 4. The highest BCUT2D eigenvalue weighted by Crippen LogP contribution is 2.32. The first kappa shape index (κ1) is 13.8. The van der Waals surface area contributed by atoms with Gasteiger partial charge >= 0.3 is 0 Å². The van der Waals surface area contributed by atoms with Crippen LogP contribution < -0.4 is 10.9 Å². The molecule has 2 aromatic rings. The molecule has 1 heterocycles. The molecular formula is C12H12ClN3O2S. The minimum Gasteiger partial charge on any atom is -0.384 e. The molecule has 0 amide bonds. The summed E-state index contributed by atoms with van der Waals surface area (Å²) in [5, 5.41) is 5.41. The molecule has 0 radical (unpaired) electrons. The molecule has 5 nitrogen and oxygen atoms in total. The van der Waals surface area contributed by atoms with Crippen molar-refractivity contribution < 1.29 is 8.42 Å². The number of primary sulfonamides is 1. The minimum atomic E-state index is -3.79. The van der Waals surface area contributed by atoms with Gasteiger partial charge < -0.3 is 5.73 Å². The molecule has 1 aromatic carbocycles. The SMILES string of the molecule is Cc1c(S(N)(=O)=O)ccc(-c2cccc(N)n2)c1Cl. The normalized spacial score (nSPS) is 11.5. The quantitative estimate of drug-likeness (QED) is 0.884. The molecule has 1 aromatic heterocycles. The Morgan fingerprint density at radius 1 is 1.21 bits per heavy atom. The number of anilines is 1. The van der Waals surface area contributed by atoms with E-state index in [0.717, 1.165) is 0 Å². The molecule has 0 aliphatic heterocycles. The Labute approximate surface area is 116 Å². The number of nitrogens with two attached hydrogens (primary N) is 2. The number of nitrogens with zero attached hydrogens (tertiary/aromatic N) is 1. The molecule has 100 valence electrons. The van der Waals surface area contributed by atoms with Crippen LogP contribution in [0.15, 0.2) is 35.2 Å². The molecule has 4 N–H and O–H groups in total. The number of hydrogen-bond donors (Lipinski definition) is 2. The maximum absolute atomic E-state index is 11.4. The third-order valence-electron chi connectivity index (χ3n) is 2.69. The summed E-state index contributed by atoms with van der Waals surface area (Å²) in [6.07, 6.45) is 0. The van der Waals surface area contributed by atoms with Gasteiger partial charge in [-0.1, -0.05) is 17.7 Å². The van der Waals surface area contributed by atoms with Gasteiger partial charge in [0, 0.05) is 5.56 Å². The second-order valence-electron chi connectivity index (χ2n) is 4.04. The van der Waals surface area contributed by atoms with Gasteiger partial charge in [0.1, 0.15) is 5.82 Å². The fraction of sp³-hybridized carbons (Fsp3) is 0.0833. The number of nitrogen functional groups attached to an aromatic ring is 1. The molecule has 0 spiro atoms. The van der Waals surface area contributed by atoms with Gasteiger partial charge in [0.25, 0.3) is 0 Å². The molecule has 0 bridgehead atoms. The topological polar surface area (TPSA) is 99.1 Å². The van der Waals surface area contributed by atoms with E-state index in [2.05, 4.69) is 4.98 Å². The summed E-state index contributed by atoms with van der Waals surface area (Å²) in [4.78, 5) is 4.15. The summed E-state index contributed by atoms with van der Waals surface area (Å²) in [6.45, 7) is 1.60. The van der Waals surface area contributed by atoms with Crippen molar-refractivity contribution in [2.75, 3.05) is 5.73 Å². The Hall–Kier alpha value is -1.63. The van der Waals surface area contributed by atoms with Crippen LogP contribution >= 0.6 is 11.6 Å². The van der Waals surface area contributed by atoms with Gasteiger partial charge in [0.2, 0.25) is 10.0 Å². The number of pyridine rings is 1. The minimum absolute atomic E-state index is 0.00477. The fourth-order valence-corrected chi connectivity index (χ4v) is 2.88. The number of halogens is 1. The molecular weight excluding hydrogens is 286 g/mol. The van der Waals surface area contributed by atoms with Crippen LogP contribution in [0.2, 0.25) is 5.02 Å². The average molecular weight is 298 g/mol. The number of aromatic nitrogens is 1. The van der Waals surface area contributed by atoms with Crippen molar-refractivity contribution in [2.45, 2.75) is 11.8 Å². The van der Waals surface area contributed by atoms with Crippen molar-refractivity contribution in [3.8, 4) is 11.3 Å². The van der Waals surface area contributed by atoms with E-state index in [-0.39, 0.29) is 4.90 Å². The van der Waals surface area contributed by atoms with E-state index < -0.39 is 10.0 Å². The molecule has 19 heavy (non-hydrogen) atoms. The lowest BCUT2D eigenvalue weighted by Gasteiger charge is -2.10. The zero-order valence-electron chi connectivity index (χ0n) is 10.1. The maximum atomic E-state index is 11.4. The highest BCUT2D eigenvalue weighted by molar-refractivity contribution is 7.89. The van der Waals surface area contributed by atoms with Gasteiger partial charge in [0.15, 0.2) is 0 Å². The molecule has 0 fully saturated rings. The van der Waals surface area contributed by atoms with Gasteiger partial charge in [-0.2, -0.15) is 0 Å². The Morgan fingerprint density at radius 2 is 1.89 bits per heavy atom.